The van der Waals surface area contributed by atoms with Crippen molar-refractivity contribution < 1.29 is 118 Å². The highest BCUT2D eigenvalue weighted by atomic mass is 16.8. The number of aliphatic hydroxyl groups excluding tert-OH is 3. The molecule has 7 rings (SSSR count). The average Bonchev–Trinajstić information content (AvgIpc) is 3.80. The van der Waals surface area contributed by atoms with Gasteiger partial charge in [-0.2, -0.15) is 0 Å². The number of carboxylic acid groups (broad SMARTS) is 3. The van der Waals surface area contributed by atoms with Gasteiger partial charge in [-0.1, -0.05) is 6.07 Å². The minimum absolute atomic E-state index is 0.133. The van der Waals surface area contributed by atoms with Gasteiger partial charge in [-0.3, -0.25) is 14.5 Å². The molecule has 25 heteroatoms. The summed E-state index contributed by atoms with van der Waals surface area (Å²) in [5.74, 6) is -9.34. The first-order valence-corrected chi connectivity index (χ1v) is 20.7. The van der Waals surface area contributed by atoms with Gasteiger partial charge < -0.3 is 94.0 Å². The van der Waals surface area contributed by atoms with Crippen molar-refractivity contribution >= 4 is 47.6 Å². The number of methoxy groups -OCH3 is 1. The number of fused-ring (bicyclic) bond motifs is 1. The van der Waals surface area contributed by atoms with E-state index in [1.54, 1.807) is 0 Å². The number of hydrogen-bond acceptors (Lipinski definition) is 22. The first-order chi connectivity index (χ1) is 32.3. The van der Waals surface area contributed by atoms with Crippen molar-refractivity contribution in [1.29, 1.82) is 0 Å². The van der Waals surface area contributed by atoms with Crippen LogP contribution in [0.25, 0.3) is 6.08 Å². The molecule has 0 aliphatic carbocycles. The Bertz CT molecular complexity index is 2420. The van der Waals surface area contributed by atoms with Crippen molar-refractivity contribution in [2.24, 2.45) is 5.92 Å². The largest absolute Gasteiger partial charge is 0.544 e. The van der Waals surface area contributed by atoms with Crippen LogP contribution in [-0.4, -0.2) is 178 Å². The summed E-state index contributed by atoms with van der Waals surface area (Å²) in [6.07, 6.45) is -8.50. The zero-order valence-electron chi connectivity index (χ0n) is 35.6. The van der Waals surface area contributed by atoms with E-state index >= 15 is 0 Å². The summed E-state index contributed by atoms with van der Waals surface area (Å²) in [5.41, 5.74) is -1.45. The van der Waals surface area contributed by atoms with Crippen molar-refractivity contribution in [1.82, 2.24) is 5.32 Å². The lowest BCUT2D eigenvalue weighted by Gasteiger charge is -2.43. The molecule has 2 aromatic rings. The molecular weight excluding hydrogens is 912 g/mol. The molecule has 0 amide bonds. The van der Waals surface area contributed by atoms with Gasteiger partial charge in [0.15, 0.2) is 46.9 Å². The van der Waals surface area contributed by atoms with Gasteiger partial charge in [0.05, 0.1) is 13.7 Å². The van der Waals surface area contributed by atoms with E-state index in [9.17, 15) is 74.7 Å². The second-order valence-corrected chi connectivity index (χ2v) is 16.3. The van der Waals surface area contributed by atoms with E-state index in [1.807, 2.05) is 0 Å². The molecule has 0 saturated carbocycles. The lowest BCUT2D eigenvalue weighted by atomic mass is 9.98. The smallest absolute Gasteiger partial charge is 0.351 e. The Hall–Kier alpha value is -6.84. The molecular formula is C43H46N2O23. The molecule has 2 aromatic carbocycles. The van der Waals surface area contributed by atoms with E-state index < -0.39 is 134 Å². The third kappa shape index (κ3) is 10.5. The molecule has 12 unspecified atom stereocenters. The van der Waals surface area contributed by atoms with Crippen LogP contribution in [0.15, 0.2) is 59.8 Å². The summed E-state index contributed by atoms with van der Waals surface area (Å²) in [7, 11) is 1.33. The van der Waals surface area contributed by atoms with E-state index in [1.165, 1.54) is 49.6 Å². The summed E-state index contributed by atoms with van der Waals surface area (Å²) in [4.78, 5) is 72.7. The van der Waals surface area contributed by atoms with Crippen LogP contribution in [0, 0.1) is 5.92 Å². The van der Waals surface area contributed by atoms with Gasteiger partial charge in [0.25, 0.3) is 0 Å². The Morgan fingerprint density at radius 1 is 0.985 bits per heavy atom. The zero-order valence-corrected chi connectivity index (χ0v) is 35.6. The molecule has 5 aliphatic heterocycles. The van der Waals surface area contributed by atoms with Crippen molar-refractivity contribution in [3.8, 4) is 23.0 Å². The standard InChI is InChI=1S/C43H46N2O23/c1-61-28-10-18(2-4-26(28)46)3-5-31(48)64-16-43(60)17-65-42(35(43)51)68-34-33(50)32(49)30(15-63-40(59)21-14-62-39(21)58)67-41(34)66-29-12-20-11-25(38(56)57)45(24(20)13-27(29)47)7-6-19-8-22(36(52)53)44-23(9-19)37(54)55/h2-6,8,10,12-13,21,23,25,30,32-35,41-42,44,46-47,49-51,60H,7,9,11,14-17H2,1H3,(H,52,53)(H,54,55)(H,56,57). The van der Waals surface area contributed by atoms with Crippen LogP contribution in [0.3, 0.4) is 0 Å². The predicted octanol–water partition coefficient (Wildman–Crippen LogP) is -4.73. The van der Waals surface area contributed by atoms with E-state index in [0.29, 0.717) is 5.56 Å². The van der Waals surface area contributed by atoms with Gasteiger partial charge in [-0.05, 0) is 47.6 Å². The topological polar surface area (TPSA) is 378 Å². The van der Waals surface area contributed by atoms with Gasteiger partial charge >= 0.3 is 29.8 Å². The van der Waals surface area contributed by atoms with Crippen molar-refractivity contribution in [3.05, 3.63) is 71.0 Å². The molecule has 0 spiro atoms. The summed E-state index contributed by atoms with van der Waals surface area (Å²) < 4.78 is 43.1. The third-order valence-electron chi connectivity index (χ3n) is 11.8. The third-order valence-corrected chi connectivity index (χ3v) is 11.8. The van der Waals surface area contributed by atoms with Crippen LogP contribution in [0.2, 0.25) is 0 Å². The maximum absolute atomic E-state index is 12.6. The highest BCUT2D eigenvalue weighted by Gasteiger charge is 2.55. The quantitative estimate of drug-likeness (QED) is 0.0308. The molecule has 3 saturated heterocycles. The van der Waals surface area contributed by atoms with Crippen LogP contribution in [0.4, 0.5) is 5.69 Å². The molecule has 0 radical (unpaired) electrons. The van der Waals surface area contributed by atoms with Gasteiger partial charge in [0.2, 0.25) is 6.29 Å². The Kier molecular flexibility index (Phi) is 14.6. The number of hydrogen-bond donors (Lipinski definition) is 10. The number of ether oxygens (including phenoxy) is 8. The molecule has 10 N–H and O–H groups in total. The Balaban J connectivity index is 1.09. The predicted molar refractivity (Wildman–Crippen MR) is 216 cm³/mol. The van der Waals surface area contributed by atoms with Gasteiger partial charge in [0, 0.05) is 30.5 Å². The number of aliphatic carboxylic acids is 3. The molecule has 5 heterocycles. The van der Waals surface area contributed by atoms with Gasteiger partial charge in [-0.15, -0.1) is 0 Å². The fourth-order valence-electron chi connectivity index (χ4n) is 7.93. The molecule has 366 valence electrons. The van der Waals surface area contributed by atoms with Crippen LogP contribution >= 0.6 is 0 Å². The van der Waals surface area contributed by atoms with E-state index in [2.05, 4.69) is 10.1 Å². The number of quaternary nitrogens is 1. The first kappa shape index (κ1) is 49.1. The second-order valence-electron chi connectivity index (χ2n) is 16.3. The lowest BCUT2D eigenvalue weighted by molar-refractivity contribution is -0.840. The van der Waals surface area contributed by atoms with Gasteiger partial charge in [0.1, 0.15) is 80.2 Å². The molecule has 0 bridgehead atoms. The summed E-state index contributed by atoms with van der Waals surface area (Å²) >= 11 is 0. The first-order valence-electron chi connectivity index (χ1n) is 20.7. The number of allylic oxidation sites excluding steroid dienone is 1. The van der Waals surface area contributed by atoms with Crippen LogP contribution in [-0.2, 0) is 63.6 Å². The van der Waals surface area contributed by atoms with Crippen molar-refractivity contribution in [2.75, 3.05) is 40.1 Å². The highest BCUT2D eigenvalue weighted by Crippen LogP contribution is 2.38. The number of nitrogens with one attached hydrogen (secondary N) is 2. The number of aromatic hydroxyl groups is 2. The van der Waals surface area contributed by atoms with Crippen LogP contribution < -0.4 is 24.8 Å². The SMILES string of the molecule is COc1cc(C=CC(=O)OCC2(O)COC(OC3C(Oc4cc5c(cc4O)[NH+](CC=C4C=C(C(=O)O)NC(C(=O)O)C4)C(C(=O)[O-])C5)OC(COC(=O)C4COC4=O)C(O)C3O)C2O)ccc1O. The van der Waals surface area contributed by atoms with E-state index in [-0.39, 0.29) is 64.9 Å². The van der Waals surface area contributed by atoms with Crippen LogP contribution in [0.1, 0.15) is 17.5 Å². The monoisotopic (exact) mass is 958 g/mol. The highest BCUT2D eigenvalue weighted by molar-refractivity contribution is 5.98. The number of phenolic OH excluding ortho intramolecular Hbond substituents is 2. The molecule has 12 atom stereocenters. The Morgan fingerprint density at radius 3 is 2.41 bits per heavy atom. The number of cyclic esters (lactones) is 1. The number of benzene rings is 2. The summed E-state index contributed by atoms with van der Waals surface area (Å²) in [5, 5.41) is 100.0. The lowest BCUT2D eigenvalue weighted by Crippen LogP contribution is -3.11. The number of aliphatic hydroxyl groups is 4. The fraction of sp³-hybridized carbons (Fsp3) is 0.442. The maximum Gasteiger partial charge on any atom is 0.351 e. The number of rotatable bonds is 17. The zero-order chi connectivity index (χ0) is 49.2. The number of carbonyl (C=O) groups excluding carboxylic acids is 4. The van der Waals surface area contributed by atoms with E-state index in [0.717, 1.165) is 12.1 Å². The summed E-state index contributed by atoms with van der Waals surface area (Å²) in [6.45, 7) is -2.69. The fourth-order valence-corrected chi connectivity index (χ4v) is 7.93. The number of phenols is 2. The number of esters is 3. The minimum atomic E-state index is -2.30. The number of carbonyl (C=O) groups is 6. The van der Waals surface area contributed by atoms with Gasteiger partial charge in [-0.25, -0.2) is 14.4 Å². The molecule has 3 fully saturated rings. The molecule has 25 nitrogen and oxygen atoms in total. The molecule has 68 heavy (non-hydrogen) atoms. The minimum Gasteiger partial charge on any atom is -0.544 e. The Morgan fingerprint density at radius 2 is 1.75 bits per heavy atom. The maximum atomic E-state index is 12.6. The molecule has 5 aliphatic rings. The molecule has 0 aromatic heterocycles. The summed E-state index contributed by atoms with van der Waals surface area (Å²) in [6, 6.07) is 4.09. The Labute approximate surface area is 383 Å². The van der Waals surface area contributed by atoms with Crippen molar-refractivity contribution in [2.45, 2.75) is 73.6 Å². The second kappa shape index (κ2) is 20.2. The number of carboxylic acids is 3. The van der Waals surface area contributed by atoms with Crippen LogP contribution in [0.5, 0.6) is 23.0 Å². The average molecular weight is 959 g/mol. The van der Waals surface area contributed by atoms with E-state index in [4.69, 9.17) is 33.2 Å². The van der Waals surface area contributed by atoms with Crippen molar-refractivity contribution in [3.63, 3.8) is 0 Å². The normalized spacial score (nSPS) is 31.4.